The molecule has 0 saturated carbocycles. The van der Waals surface area contributed by atoms with E-state index in [1.807, 2.05) is 48.2 Å². The third-order valence-corrected chi connectivity index (χ3v) is 5.19. The lowest BCUT2D eigenvalue weighted by Crippen LogP contribution is -2.32. The van der Waals surface area contributed by atoms with Crippen LogP contribution in [0.3, 0.4) is 0 Å². The molecule has 29 heavy (non-hydrogen) atoms. The molecule has 1 amide bonds. The van der Waals surface area contributed by atoms with Crippen molar-refractivity contribution in [1.29, 1.82) is 0 Å². The Balaban J connectivity index is 1.51. The molecule has 7 heteroatoms. The van der Waals surface area contributed by atoms with E-state index in [1.54, 1.807) is 18.1 Å². The molecule has 0 spiro atoms. The molecule has 1 aromatic heterocycles. The second-order valence-corrected chi connectivity index (χ2v) is 7.13. The number of carbonyl (C=O) groups is 1. The molecular formula is C22H25N5O2. The van der Waals surface area contributed by atoms with Crippen LogP contribution in [-0.4, -0.2) is 52.3 Å². The molecule has 1 saturated heterocycles. The van der Waals surface area contributed by atoms with Gasteiger partial charge in [-0.15, -0.1) is 0 Å². The number of ether oxygens (including phenoxy) is 1. The maximum Gasteiger partial charge on any atom is 0.224 e. The van der Waals surface area contributed by atoms with E-state index in [0.29, 0.717) is 31.9 Å². The van der Waals surface area contributed by atoms with Crippen LogP contribution in [0, 0.1) is 6.92 Å². The summed E-state index contributed by atoms with van der Waals surface area (Å²) in [4.78, 5) is 21.0. The average molecular weight is 391 g/mol. The Kier molecular flexibility index (Phi) is 5.46. The Morgan fingerprint density at radius 3 is 2.62 bits per heavy atom. The Morgan fingerprint density at radius 1 is 1.07 bits per heavy atom. The number of benzene rings is 2. The van der Waals surface area contributed by atoms with Crippen LogP contribution in [0.1, 0.15) is 17.8 Å². The van der Waals surface area contributed by atoms with Gasteiger partial charge < -0.3 is 14.5 Å². The predicted molar refractivity (Wildman–Crippen MR) is 111 cm³/mol. The molecule has 7 nitrogen and oxygen atoms in total. The van der Waals surface area contributed by atoms with Crippen LogP contribution >= 0.6 is 0 Å². The highest BCUT2D eigenvalue weighted by Gasteiger charge is 2.22. The first kappa shape index (κ1) is 19.0. The molecule has 0 unspecified atom stereocenters. The van der Waals surface area contributed by atoms with Gasteiger partial charge in [0.2, 0.25) is 5.91 Å². The number of carbonyl (C=O) groups excluding carboxylic acids is 1. The highest BCUT2D eigenvalue weighted by atomic mass is 16.5. The summed E-state index contributed by atoms with van der Waals surface area (Å²) in [5, 5.41) is 4.37. The van der Waals surface area contributed by atoms with Gasteiger partial charge in [-0.25, -0.2) is 9.67 Å². The van der Waals surface area contributed by atoms with E-state index < -0.39 is 0 Å². The third-order valence-electron chi connectivity index (χ3n) is 5.19. The molecule has 0 aliphatic carbocycles. The standard InChI is InChI=1S/C22H25N5O2/c1-17-23-16-27(24-17)20-9-8-19(14-21(20)29-2)25-11-10-22(28)26(13-12-25)15-18-6-4-3-5-7-18/h3-9,14,16H,10-13,15H2,1-2H3. The Bertz CT molecular complexity index is 986. The number of amides is 1. The number of nitrogens with zero attached hydrogens (tertiary/aromatic N) is 5. The van der Waals surface area contributed by atoms with Crippen LogP contribution in [0.2, 0.25) is 0 Å². The van der Waals surface area contributed by atoms with Crippen LogP contribution < -0.4 is 9.64 Å². The van der Waals surface area contributed by atoms with Crippen molar-refractivity contribution in [2.24, 2.45) is 0 Å². The molecular weight excluding hydrogens is 366 g/mol. The van der Waals surface area contributed by atoms with E-state index in [4.69, 9.17) is 4.74 Å². The van der Waals surface area contributed by atoms with Crippen LogP contribution in [0.5, 0.6) is 5.75 Å². The SMILES string of the molecule is COc1cc(N2CCC(=O)N(Cc3ccccc3)CC2)ccc1-n1cnc(C)n1. The molecule has 0 radical (unpaired) electrons. The average Bonchev–Trinajstić information content (AvgIpc) is 3.10. The molecule has 0 bridgehead atoms. The first-order valence-corrected chi connectivity index (χ1v) is 9.77. The minimum absolute atomic E-state index is 0.193. The summed E-state index contributed by atoms with van der Waals surface area (Å²) in [6, 6.07) is 16.2. The Morgan fingerprint density at radius 2 is 1.90 bits per heavy atom. The first-order chi connectivity index (χ1) is 14.1. The minimum atomic E-state index is 0.193. The highest BCUT2D eigenvalue weighted by molar-refractivity contribution is 5.77. The maximum absolute atomic E-state index is 12.6. The lowest BCUT2D eigenvalue weighted by atomic mass is 10.2. The third kappa shape index (κ3) is 4.23. The van der Waals surface area contributed by atoms with Gasteiger partial charge in [-0.3, -0.25) is 4.79 Å². The largest absolute Gasteiger partial charge is 0.494 e. The number of aromatic nitrogens is 3. The van der Waals surface area contributed by atoms with Gasteiger partial charge in [0.1, 0.15) is 23.6 Å². The van der Waals surface area contributed by atoms with Gasteiger partial charge in [-0.05, 0) is 24.6 Å². The molecule has 4 rings (SSSR count). The molecule has 0 N–H and O–H groups in total. The van der Waals surface area contributed by atoms with Crippen molar-refractivity contribution in [3.63, 3.8) is 0 Å². The van der Waals surface area contributed by atoms with Crippen LogP contribution in [0.25, 0.3) is 5.69 Å². The highest BCUT2D eigenvalue weighted by Crippen LogP contribution is 2.29. The monoisotopic (exact) mass is 391 g/mol. The van der Waals surface area contributed by atoms with E-state index in [1.165, 1.54) is 0 Å². The second-order valence-electron chi connectivity index (χ2n) is 7.13. The lowest BCUT2D eigenvalue weighted by molar-refractivity contribution is -0.130. The number of aryl methyl sites for hydroxylation is 1. The van der Waals surface area contributed by atoms with Gasteiger partial charge in [0.25, 0.3) is 0 Å². The minimum Gasteiger partial charge on any atom is -0.494 e. The van der Waals surface area contributed by atoms with Crippen LogP contribution in [0.4, 0.5) is 5.69 Å². The summed E-state index contributed by atoms with van der Waals surface area (Å²) in [6.07, 6.45) is 2.18. The fourth-order valence-corrected chi connectivity index (χ4v) is 3.61. The van der Waals surface area contributed by atoms with Crippen LogP contribution in [0.15, 0.2) is 54.9 Å². The summed E-state index contributed by atoms with van der Waals surface area (Å²) in [5.74, 6) is 1.63. The van der Waals surface area contributed by atoms with Crippen molar-refractivity contribution in [3.8, 4) is 11.4 Å². The van der Waals surface area contributed by atoms with E-state index in [9.17, 15) is 4.79 Å². The van der Waals surface area contributed by atoms with Crippen molar-refractivity contribution >= 4 is 11.6 Å². The van der Waals surface area contributed by atoms with Gasteiger partial charge in [-0.1, -0.05) is 30.3 Å². The number of methoxy groups -OCH3 is 1. The molecule has 2 aromatic carbocycles. The topological polar surface area (TPSA) is 63.5 Å². The number of hydrogen-bond acceptors (Lipinski definition) is 5. The Hall–Kier alpha value is -3.35. The maximum atomic E-state index is 12.6. The zero-order valence-corrected chi connectivity index (χ0v) is 16.8. The molecule has 1 aliphatic rings. The molecule has 0 atom stereocenters. The summed E-state index contributed by atoms with van der Waals surface area (Å²) in [6.45, 7) is 4.67. The number of anilines is 1. The second kappa shape index (κ2) is 8.34. The van der Waals surface area contributed by atoms with Gasteiger partial charge in [0, 0.05) is 44.4 Å². The number of rotatable bonds is 5. The summed E-state index contributed by atoms with van der Waals surface area (Å²) in [5.41, 5.74) is 3.04. The number of hydrogen-bond donors (Lipinski definition) is 0. The summed E-state index contributed by atoms with van der Waals surface area (Å²) in [7, 11) is 1.65. The quantitative estimate of drug-likeness (QED) is 0.669. The van der Waals surface area contributed by atoms with Gasteiger partial charge >= 0.3 is 0 Å². The first-order valence-electron chi connectivity index (χ1n) is 9.77. The van der Waals surface area contributed by atoms with E-state index in [-0.39, 0.29) is 5.91 Å². The van der Waals surface area contributed by atoms with Crippen LogP contribution in [-0.2, 0) is 11.3 Å². The fourth-order valence-electron chi connectivity index (χ4n) is 3.61. The molecule has 2 heterocycles. The van der Waals surface area contributed by atoms with Crippen molar-refractivity contribution in [3.05, 3.63) is 66.2 Å². The normalized spacial score (nSPS) is 14.8. The van der Waals surface area contributed by atoms with Crippen molar-refractivity contribution < 1.29 is 9.53 Å². The van der Waals surface area contributed by atoms with E-state index in [2.05, 4.69) is 27.1 Å². The predicted octanol–water partition coefficient (Wildman–Crippen LogP) is 2.82. The molecule has 1 aliphatic heterocycles. The van der Waals surface area contributed by atoms with Gasteiger partial charge in [0.05, 0.1) is 7.11 Å². The smallest absolute Gasteiger partial charge is 0.224 e. The molecule has 1 fully saturated rings. The molecule has 3 aromatic rings. The van der Waals surface area contributed by atoms with E-state index >= 15 is 0 Å². The Labute approximate surface area is 170 Å². The van der Waals surface area contributed by atoms with Gasteiger partial charge in [-0.2, -0.15) is 5.10 Å². The zero-order valence-electron chi connectivity index (χ0n) is 16.8. The fraction of sp³-hybridized carbons (Fsp3) is 0.318. The zero-order chi connectivity index (χ0) is 20.2. The lowest BCUT2D eigenvalue weighted by Gasteiger charge is -2.24. The van der Waals surface area contributed by atoms with Gasteiger partial charge in [0.15, 0.2) is 0 Å². The van der Waals surface area contributed by atoms with Crippen molar-refractivity contribution in [2.75, 3.05) is 31.6 Å². The summed E-state index contributed by atoms with van der Waals surface area (Å²) >= 11 is 0. The van der Waals surface area contributed by atoms with Crippen molar-refractivity contribution in [2.45, 2.75) is 19.9 Å². The summed E-state index contributed by atoms with van der Waals surface area (Å²) < 4.78 is 7.31. The van der Waals surface area contributed by atoms with Crippen molar-refractivity contribution in [1.82, 2.24) is 19.7 Å². The molecule has 150 valence electrons. The van der Waals surface area contributed by atoms with E-state index in [0.717, 1.165) is 29.2 Å².